The van der Waals surface area contributed by atoms with Crippen molar-refractivity contribution in [2.45, 2.75) is 5.75 Å². The first-order chi connectivity index (χ1) is 9.13. The van der Waals surface area contributed by atoms with Crippen LogP contribution in [0.1, 0.15) is 5.69 Å². The van der Waals surface area contributed by atoms with E-state index in [1.54, 1.807) is 24.3 Å². The van der Waals surface area contributed by atoms with Crippen molar-refractivity contribution in [2.75, 3.05) is 11.1 Å². The average molecular weight is 298 g/mol. The maximum Gasteiger partial charge on any atom is 0.264 e. The molecule has 1 heterocycles. The summed E-state index contributed by atoms with van der Waals surface area (Å²) in [7, 11) is 0. The van der Waals surface area contributed by atoms with E-state index in [0.717, 1.165) is 5.69 Å². The SMILES string of the molecule is O=C(CSCc1cc(=O)[nH][nH]1)Nc1ccc(Cl)cc1. The van der Waals surface area contributed by atoms with Crippen molar-refractivity contribution < 1.29 is 4.79 Å². The lowest BCUT2D eigenvalue weighted by Crippen LogP contribution is -2.14. The second-order valence-corrected chi connectivity index (χ2v) is 5.25. The van der Waals surface area contributed by atoms with Crippen molar-refractivity contribution in [3.8, 4) is 0 Å². The lowest BCUT2D eigenvalue weighted by molar-refractivity contribution is -0.113. The highest BCUT2D eigenvalue weighted by molar-refractivity contribution is 7.99. The Morgan fingerprint density at radius 2 is 2.00 bits per heavy atom. The molecule has 0 saturated heterocycles. The Kier molecular flexibility index (Phi) is 4.70. The molecule has 0 atom stereocenters. The van der Waals surface area contributed by atoms with Gasteiger partial charge < -0.3 is 10.4 Å². The van der Waals surface area contributed by atoms with E-state index in [1.807, 2.05) is 0 Å². The standard InChI is InChI=1S/C12H12ClN3O2S/c13-8-1-3-9(4-2-8)14-12(18)7-19-6-10-5-11(17)16-15-10/h1-5H,6-7H2,(H,14,18)(H2,15,16,17). The average Bonchev–Trinajstić information content (AvgIpc) is 2.78. The number of hydrogen-bond acceptors (Lipinski definition) is 3. The van der Waals surface area contributed by atoms with Crippen LogP contribution in [-0.4, -0.2) is 21.9 Å². The first kappa shape index (κ1) is 13.8. The Labute approximate surface area is 118 Å². The number of aromatic amines is 2. The molecule has 0 radical (unpaired) electrons. The molecule has 0 unspecified atom stereocenters. The monoisotopic (exact) mass is 297 g/mol. The second-order valence-electron chi connectivity index (χ2n) is 3.83. The number of aromatic nitrogens is 2. The zero-order chi connectivity index (χ0) is 13.7. The van der Waals surface area contributed by atoms with Crippen molar-refractivity contribution >= 4 is 35.0 Å². The van der Waals surface area contributed by atoms with Crippen LogP contribution in [-0.2, 0) is 10.5 Å². The maximum atomic E-state index is 11.6. The van der Waals surface area contributed by atoms with Crippen LogP contribution in [0, 0.1) is 0 Å². The molecule has 7 heteroatoms. The number of anilines is 1. The Morgan fingerprint density at radius 3 is 2.63 bits per heavy atom. The second kappa shape index (κ2) is 6.49. The topological polar surface area (TPSA) is 77.8 Å². The summed E-state index contributed by atoms with van der Waals surface area (Å²) in [6, 6.07) is 8.40. The van der Waals surface area contributed by atoms with Gasteiger partial charge in [0, 0.05) is 28.2 Å². The van der Waals surface area contributed by atoms with E-state index in [2.05, 4.69) is 15.5 Å². The summed E-state index contributed by atoms with van der Waals surface area (Å²) in [4.78, 5) is 22.5. The molecular formula is C12H12ClN3O2S. The molecule has 0 aliphatic rings. The summed E-state index contributed by atoms with van der Waals surface area (Å²) in [5.74, 6) is 0.799. The van der Waals surface area contributed by atoms with Gasteiger partial charge in [-0.1, -0.05) is 11.6 Å². The summed E-state index contributed by atoms with van der Waals surface area (Å²) in [5, 5.41) is 8.57. The summed E-state index contributed by atoms with van der Waals surface area (Å²) in [6.07, 6.45) is 0. The van der Waals surface area contributed by atoms with Gasteiger partial charge in [-0.25, -0.2) is 0 Å². The summed E-state index contributed by atoms with van der Waals surface area (Å²) in [6.45, 7) is 0. The summed E-state index contributed by atoms with van der Waals surface area (Å²) < 4.78 is 0. The Balaban J connectivity index is 1.75. The number of hydrogen-bond donors (Lipinski definition) is 3. The van der Waals surface area contributed by atoms with Gasteiger partial charge >= 0.3 is 0 Å². The molecule has 100 valence electrons. The third-order valence-corrected chi connectivity index (χ3v) is 3.50. The molecule has 1 aromatic carbocycles. The molecule has 3 N–H and O–H groups in total. The molecule has 0 fully saturated rings. The van der Waals surface area contributed by atoms with Crippen LogP contribution in [0.25, 0.3) is 0 Å². The molecule has 0 bridgehead atoms. The third-order valence-electron chi connectivity index (χ3n) is 2.27. The summed E-state index contributed by atoms with van der Waals surface area (Å²) >= 11 is 7.17. The fraction of sp³-hybridized carbons (Fsp3) is 0.167. The zero-order valence-corrected chi connectivity index (χ0v) is 11.5. The lowest BCUT2D eigenvalue weighted by Gasteiger charge is -2.04. The van der Waals surface area contributed by atoms with Crippen LogP contribution in [0.4, 0.5) is 5.69 Å². The molecule has 0 saturated carbocycles. The van der Waals surface area contributed by atoms with Crippen LogP contribution < -0.4 is 10.9 Å². The Bertz CT molecular complexity index is 606. The number of rotatable bonds is 5. The molecule has 2 aromatic rings. The van der Waals surface area contributed by atoms with Gasteiger partial charge in [0.15, 0.2) is 0 Å². The van der Waals surface area contributed by atoms with Crippen molar-refractivity contribution in [1.29, 1.82) is 0 Å². The van der Waals surface area contributed by atoms with E-state index in [1.165, 1.54) is 17.8 Å². The van der Waals surface area contributed by atoms with Crippen molar-refractivity contribution in [3.05, 3.63) is 51.4 Å². The first-order valence-electron chi connectivity index (χ1n) is 5.53. The third kappa shape index (κ3) is 4.50. The molecule has 2 rings (SSSR count). The van der Waals surface area contributed by atoms with Crippen LogP contribution in [0.5, 0.6) is 0 Å². The highest BCUT2D eigenvalue weighted by Crippen LogP contribution is 2.14. The predicted molar refractivity (Wildman–Crippen MR) is 77.7 cm³/mol. The maximum absolute atomic E-state index is 11.6. The van der Waals surface area contributed by atoms with Crippen molar-refractivity contribution in [3.63, 3.8) is 0 Å². The lowest BCUT2D eigenvalue weighted by atomic mass is 10.3. The van der Waals surface area contributed by atoms with E-state index in [9.17, 15) is 9.59 Å². The minimum atomic E-state index is -0.166. The number of nitrogens with one attached hydrogen (secondary N) is 3. The quantitative estimate of drug-likeness (QED) is 0.792. The molecule has 0 aliphatic carbocycles. The largest absolute Gasteiger partial charge is 0.325 e. The molecule has 0 spiro atoms. The van der Waals surface area contributed by atoms with Gasteiger partial charge in [0.05, 0.1) is 5.75 Å². The number of halogens is 1. The number of benzene rings is 1. The van der Waals surface area contributed by atoms with Gasteiger partial charge in [-0.2, -0.15) is 0 Å². The fourth-order valence-electron chi connectivity index (χ4n) is 1.43. The normalized spacial score (nSPS) is 10.4. The zero-order valence-electron chi connectivity index (χ0n) is 9.90. The number of carbonyl (C=O) groups excluding carboxylic acids is 1. The first-order valence-corrected chi connectivity index (χ1v) is 7.06. The van der Waals surface area contributed by atoms with E-state index < -0.39 is 0 Å². The Morgan fingerprint density at radius 1 is 1.26 bits per heavy atom. The number of amides is 1. The minimum absolute atomic E-state index is 0.0924. The summed E-state index contributed by atoms with van der Waals surface area (Å²) in [5.41, 5.74) is 1.32. The highest BCUT2D eigenvalue weighted by atomic mass is 35.5. The predicted octanol–water partition coefficient (Wildman–Crippen LogP) is 2.23. The number of carbonyl (C=O) groups is 1. The fourth-order valence-corrected chi connectivity index (χ4v) is 2.30. The van der Waals surface area contributed by atoms with Crippen LogP contribution >= 0.6 is 23.4 Å². The van der Waals surface area contributed by atoms with Crippen molar-refractivity contribution in [2.24, 2.45) is 0 Å². The molecule has 0 aliphatic heterocycles. The molecule has 19 heavy (non-hydrogen) atoms. The van der Waals surface area contributed by atoms with E-state index >= 15 is 0 Å². The molecule has 1 aromatic heterocycles. The van der Waals surface area contributed by atoms with Crippen LogP contribution in [0.15, 0.2) is 35.1 Å². The molecule has 5 nitrogen and oxygen atoms in total. The number of H-pyrrole nitrogens is 2. The van der Waals surface area contributed by atoms with E-state index in [4.69, 9.17) is 11.6 Å². The van der Waals surface area contributed by atoms with Gasteiger partial charge in [0.25, 0.3) is 5.56 Å². The smallest absolute Gasteiger partial charge is 0.264 e. The van der Waals surface area contributed by atoms with Gasteiger partial charge in [-0.05, 0) is 24.3 Å². The minimum Gasteiger partial charge on any atom is -0.325 e. The molecule has 1 amide bonds. The van der Waals surface area contributed by atoms with E-state index in [0.29, 0.717) is 22.2 Å². The van der Waals surface area contributed by atoms with Gasteiger partial charge in [0.2, 0.25) is 5.91 Å². The molecular weight excluding hydrogens is 286 g/mol. The van der Waals surface area contributed by atoms with Gasteiger partial charge in [-0.3, -0.25) is 14.7 Å². The van der Waals surface area contributed by atoms with E-state index in [-0.39, 0.29) is 11.5 Å². The van der Waals surface area contributed by atoms with Crippen LogP contribution in [0.3, 0.4) is 0 Å². The van der Waals surface area contributed by atoms with Crippen molar-refractivity contribution in [1.82, 2.24) is 10.2 Å². The Hall–Kier alpha value is -1.66. The van der Waals surface area contributed by atoms with Crippen LogP contribution in [0.2, 0.25) is 5.02 Å². The number of thioether (sulfide) groups is 1. The highest BCUT2D eigenvalue weighted by Gasteiger charge is 2.04. The van der Waals surface area contributed by atoms with Gasteiger partial charge in [0.1, 0.15) is 0 Å². The van der Waals surface area contributed by atoms with Gasteiger partial charge in [-0.15, -0.1) is 11.8 Å².